The molecule has 0 aromatic heterocycles. The molecular formula is C19H18Cl3N2O4S+. The van der Waals surface area contributed by atoms with Gasteiger partial charge in [-0.05, 0) is 43.2 Å². The van der Waals surface area contributed by atoms with Gasteiger partial charge >= 0.3 is 16.1 Å². The van der Waals surface area contributed by atoms with Crippen LogP contribution in [-0.2, 0) is 21.4 Å². The van der Waals surface area contributed by atoms with Crippen molar-refractivity contribution in [2.24, 2.45) is 0 Å². The Bertz CT molecular complexity index is 1050. The van der Waals surface area contributed by atoms with Crippen molar-refractivity contribution < 1.29 is 17.9 Å². The molecule has 1 amide bonds. The highest BCUT2D eigenvalue weighted by molar-refractivity contribution is 7.89. The third kappa shape index (κ3) is 3.82. The van der Waals surface area contributed by atoms with Gasteiger partial charge in [0.25, 0.3) is 0 Å². The van der Waals surface area contributed by atoms with Gasteiger partial charge < -0.3 is 4.74 Å². The van der Waals surface area contributed by atoms with Gasteiger partial charge in [0.15, 0.2) is 4.90 Å². The van der Waals surface area contributed by atoms with Gasteiger partial charge in [0.05, 0.1) is 15.7 Å². The predicted octanol–water partition coefficient (Wildman–Crippen LogP) is 5.11. The minimum atomic E-state index is -3.59. The van der Waals surface area contributed by atoms with Crippen LogP contribution in [0.1, 0.15) is 18.4 Å². The molecule has 0 saturated carbocycles. The van der Waals surface area contributed by atoms with E-state index in [1.54, 1.807) is 23.1 Å². The van der Waals surface area contributed by atoms with E-state index >= 15 is 0 Å². The number of cyclic esters (lactones) is 1. The number of ether oxygens (including phenoxy) is 1. The Labute approximate surface area is 183 Å². The van der Waals surface area contributed by atoms with E-state index < -0.39 is 16.1 Å². The molecule has 1 saturated heterocycles. The number of anilines is 1. The largest absolute Gasteiger partial charge is 0.444 e. The second-order valence-electron chi connectivity index (χ2n) is 6.91. The van der Waals surface area contributed by atoms with E-state index in [1.807, 2.05) is 6.07 Å². The Morgan fingerprint density at radius 2 is 1.72 bits per heavy atom. The second kappa shape index (κ2) is 7.96. The number of carbonyl (C=O) groups is 1. The maximum atomic E-state index is 13.2. The van der Waals surface area contributed by atoms with Crippen LogP contribution in [0.15, 0.2) is 41.3 Å². The Kier molecular flexibility index (Phi) is 5.70. The first-order chi connectivity index (χ1) is 13.8. The monoisotopic (exact) mass is 475 g/mol. The molecule has 2 heterocycles. The summed E-state index contributed by atoms with van der Waals surface area (Å²) in [5.41, 5.74) is 1.61. The standard InChI is InChI=1S/C19H17Cl3N2O4S/c20-13-4-5-17-12(10-13)11-28-19(25)24(17)14-6-8-23(9-7-14)29(26,27)18-15(21)2-1-3-16(18)22/h1-5,10,14H,6-9,11H2/p+1. The van der Waals surface area contributed by atoms with Crippen molar-refractivity contribution in [3.63, 3.8) is 0 Å². The van der Waals surface area contributed by atoms with E-state index in [0.29, 0.717) is 31.0 Å². The zero-order valence-electron chi connectivity index (χ0n) is 15.2. The zero-order valence-corrected chi connectivity index (χ0v) is 18.3. The first kappa shape index (κ1) is 20.8. The fourth-order valence-corrected chi connectivity index (χ4v) is 6.57. The number of nitrogens with zero attached hydrogens (tertiary/aromatic N) is 2. The third-order valence-electron chi connectivity index (χ3n) is 5.17. The van der Waals surface area contributed by atoms with Gasteiger partial charge in [0, 0.05) is 29.7 Å². The van der Waals surface area contributed by atoms with Crippen molar-refractivity contribution in [3.8, 4) is 0 Å². The third-order valence-corrected chi connectivity index (χ3v) is 8.30. The SMILES string of the molecule is O=C1OCc2cc(Cl)ccc2N1C1CCN(S(=O)(=[OH+])c2c(Cl)cccc2Cl)CC1. The van der Waals surface area contributed by atoms with E-state index in [-0.39, 0.29) is 27.6 Å². The van der Waals surface area contributed by atoms with E-state index in [4.69, 9.17) is 39.5 Å². The topological polar surface area (TPSA) is 71.2 Å². The number of rotatable bonds is 3. The van der Waals surface area contributed by atoms with Crippen LogP contribution in [-0.4, -0.2) is 37.9 Å². The van der Waals surface area contributed by atoms with Crippen LogP contribution in [0.5, 0.6) is 0 Å². The molecule has 2 aromatic carbocycles. The molecule has 0 radical (unpaired) electrons. The summed E-state index contributed by atoms with van der Waals surface area (Å²) < 4.78 is 30.7. The number of fused-ring (bicyclic) bond motifs is 1. The van der Waals surface area contributed by atoms with Gasteiger partial charge in [-0.25, -0.2) is 9.00 Å². The van der Waals surface area contributed by atoms with E-state index in [2.05, 4.69) is 0 Å². The lowest BCUT2D eigenvalue weighted by Gasteiger charge is -2.39. The summed E-state index contributed by atoms with van der Waals surface area (Å²) in [5, 5.41) is 0.878. The Morgan fingerprint density at radius 1 is 1.07 bits per heavy atom. The summed E-state index contributed by atoms with van der Waals surface area (Å²) in [7, 11) is -3.59. The molecule has 1 unspecified atom stereocenters. The highest BCUT2D eigenvalue weighted by Gasteiger charge is 2.40. The first-order valence-electron chi connectivity index (χ1n) is 8.99. The molecule has 1 fully saturated rings. The highest BCUT2D eigenvalue weighted by Crippen LogP contribution is 2.36. The first-order valence-corrected chi connectivity index (χ1v) is 11.6. The molecule has 6 nitrogen and oxygen atoms in total. The van der Waals surface area contributed by atoms with Crippen LogP contribution in [0, 0.1) is 0 Å². The van der Waals surface area contributed by atoms with Crippen molar-refractivity contribution >= 4 is 56.6 Å². The second-order valence-corrected chi connectivity index (χ2v) is 10.1. The van der Waals surface area contributed by atoms with Crippen LogP contribution in [0.3, 0.4) is 0 Å². The van der Waals surface area contributed by atoms with Gasteiger partial charge in [0.1, 0.15) is 6.61 Å². The number of carbonyl (C=O) groups excluding carboxylic acids is 1. The van der Waals surface area contributed by atoms with Crippen LogP contribution in [0.25, 0.3) is 0 Å². The molecule has 154 valence electrons. The lowest BCUT2D eigenvalue weighted by molar-refractivity contribution is 0.136. The van der Waals surface area contributed by atoms with E-state index in [0.717, 1.165) is 11.3 Å². The molecule has 0 spiro atoms. The zero-order chi connectivity index (χ0) is 20.8. The number of hydrogen-bond acceptors (Lipinski definition) is 3. The van der Waals surface area contributed by atoms with Crippen LogP contribution >= 0.6 is 34.8 Å². The molecule has 0 aliphatic carbocycles. The molecule has 1 N–H and O–H groups in total. The van der Waals surface area contributed by atoms with Gasteiger partial charge in [-0.15, -0.1) is 0 Å². The Hall–Kier alpha value is -1.51. The summed E-state index contributed by atoms with van der Waals surface area (Å²) in [4.78, 5) is 14.1. The molecule has 1 atom stereocenters. The van der Waals surface area contributed by atoms with Gasteiger partial charge in [0.2, 0.25) is 0 Å². The summed E-state index contributed by atoms with van der Waals surface area (Å²) >= 11 is 18.3. The lowest BCUT2D eigenvalue weighted by atomic mass is 10.0. The van der Waals surface area contributed by atoms with Gasteiger partial charge in [-0.1, -0.05) is 40.9 Å². The molecule has 4 rings (SSSR count). The van der Waals surface area contributed by atoms with Crippen molar-refractivity contribution in [1.82, 2.24) is 4.31 Å². The molecule has 10 heteroatoms. The van der Waals surface area contributed by atoms with Crippen molar-refractivity contribution in [1.29, 1.82) is 0 Å². The fourth-order valence-electron chi connectivity index (χ4n) is 3.77. The average Bonchev–Trinajstić information content (AvgIpc) is 2.68. The van der Waals surface area contributed by atoms with Crippen molar-refractivity contribution in [3.05, 3.63) is 57.0 Å². The molecule has 0 bridgehead atoms. The fraction of sp³-hybridized carbons (Fsp3) is 0.316. The average molecular weight is 477 g/mol. The van der Waals surface area contributed by atoms with Crippen molar-refractivity contribution in [2.75, 3.05) is 18.0 Å². The number of piperidine rings is 1. The lowest BCUT2D eigenvalue weighted by Crippen LogP contribution is -2.50. The molecule has 2 aromatic rings. The molecule has 2 aliphatic heterocycles. The maximum Gasteiger partial charge on any atom is 0.414 e. The van der Waals surface area contributed by atoms with E-state index in [1.165, 1.54) is 16.4 Å². The quantitative estimate of drug-likeness (QED) is 0.578. The van der Waals surface area contributed by atoms with Crippen LogP contribution < -0.4 is 4.90 Å². The number of amides is 1. The summed E-state index contributed by atoms with van der Waals surface area (Å²) in [6, 6.07) is 9.88. The summed E-state index contributed by atoms with van der Waals surface area (Å²) in [6.45, 7) is 0.780. The molecule has 2 aliphatic rings. The van der Waals surface area contributed by atoms with Crippen LogP contribution in [0.4, 0.5) is 10.5 Å². The predicted molar refractivity (Wildman–Crippen MR) is 114 cm³/mol. The normalized spacial score (nSPS) is 20.1. The summed E-state index contributed by atoms with van der Waals surface area (Å²) in [5.74, 6) is 0. The minimum Gasteiger partial charge on any atom is -0.444 e. The summed E-state index contributed by atoms with van der Waals surface area (Å²) in [6.07, 6.45) is 0.574. The number of benzene rings is 2. The number of hydrogen-bond donors (Lipinski definition) is 0. The van der Waals surface area contributed by atoms with Crippen LogP contribution in [0.2, 0.25) is 15.1 Å². The van der Waals surface area contributed by atoms with Crippen molar-refractivity contribution in [2.45, 2.75) is 30.4 Å². The minimum absolute atomic E-state index is 0.0270. The smallest absolute Gasteiger partial charge is 0.414 e. The molecule has 29 heavy (non-hydrogen) atoms. The van der Waals surface area contributed by atoms with E-state index in [9.17, 15) is 13.2 Å². The van der Waals surface area contributed by atoms with Gasteiger partial charge in [-0.3, -0.25) is 4.90 Å². The van der Waals surface area contributed by atoms with Gasteiger partial charge in [-0.2, -0.15) is 8.51 Å². The number of halogens is 3. The Morgan fingerprint density at radius 3 is 2.38 bits per heavy atom. The highest BCUT2D eigenvalue weighted by atomic mass is 35.5. The molecular weight excluding hydrogens is 459 g/mol. The maximum absolute atomic E-state index is 13.2. The Balaban J connectivity index is 1.55.